The highest BCUT2D eigenvalue weighted by molar-refractivity contribution is 5.84. The van der Waals surface area contributed by atoms with Crippen LogP contribution in [0.25, 0.3) is 10.9 Å². The maximum absolute atomic E-state index is 11.3. The molecule has 1 aromatic heterocycles. The molecule has 1 atom stereocenters. The summed E-state index contributed by atoms with van der Waals surface area (Å²) in [5.41, 5.74) is 0.368. The van der Waals surface area contributed by atoms with Crippen LogP contribution in [0.2, 0.25) is 0 Å². The van der Waals surface area contributed by atoms with Crippen LogP contribution in [0.15, 0.2) is 24.4 Å². The molecule has 2 heterocycles. The number of hydrogen-bond donors (Lipinski definition) is 2. The quantitative estimate of drug-likeness (QED) is 0.886. The molecule has 0 spiro atoms. The molecule has 1 fully saturated rings. The number of carbonyl (C=O) groups is 1. The molecule has 21 heavy (non-hydrogen) atoms. The second-order valence-corrected chi connectivity index (χ2v) is 4.96. The van der Waals surface area contributed by atoms with Crippen molar-refractivity contribution in [3.63, 3.8) is 0 Å². The highest BCUT2D eigenvalue weighted by atomic mass is 16.6. The normalized spacial score (nSPS) is 25.2. The molecule has 2 aromatic rings. The lowest BCUT2D eigenvalue weighted by molar-refractivity contribution is 0.177. The molecule has 1 aliphatic heterocycles. The van der Waals surface area contributed by atoms with Gasteiger partial charge in [0, 0.05) is 31.8 Å². The van der Waals surface area contributed by atoms with Gasteiger partial charge in [-0.2, -0.15) is 0 Å². The smallest absolute Gasteiger partial charge is 0.407 e. The number of carbonyl (C=O) groups excluding carboxylic acids is 1. The lowest BCUT2D eigenvalue weighted by atomic mass is 10.0. The molecule has 5 nitrogen and oxygen atoms in total. The van der Waals surface area contributed by atoms with E-state index in [0.717, 1.165) is 4.90 Å². The summed E-state index contributed by atoms with van der Waals surface area (Å²) < 4.78 is 62.8. The van der Waals surface area contributed by atoms with E-state index in [1.54, 1.807) is 0 Å². The monoisotopic (exact) mass is 294 g/mol. The Morgan fingerprint density at radius 3 is 3.10 bits per heavy atom. The van der Waals surface area contributed by atoms with Gasteiger partial charge in [-0.3, -0.25) is 0 Å². The number of fused-ring (bicyclic) bond motifs is 1. The zero-order valence-electron chi connectivity index (χ0n) is 18.8. The maximum atomic E-state index is 11.3. The van der Waals surface area contributed by atoms with Crippen LogP contribution in [0.1, 0.15) is 20.7 Å². The predicted octanol–water partition coefficient (Wildman–Crippen LogP) is 1.92. The molecule has 1 saturated heterocycles. The van der Waals surface area contributed by atoms with E-state index < -0.39 is 31.4 Å². The third kappa shape index (κ3) is 3.19. The van der Waals surface area contributed by atoms with E-state index in [0.29, 0.717) is 5.52 Å². The third-order valence-corrected chi connectivity index (χ3v) is 3.03. The van der Waals surface area contributed by atoms with E-state index in [4.69, 9.17) is 14.3 Å². The number of aromatic nitrogens is 1. The van der Waals surface area contributed by atoms with Crippen LogP contribution in [-0.4, -0.2) is 49.2 Å². The van der Waals surface area contributed by atoms with Crippen molar-refractivity contribution in [3.8, 4) is 0 Å². The minimum atomic E-state index is -2.55. The van der Waals surface area contributed by atoms with Crippen molar-refractivity contribution in [1.82, 2.24) is 15.2 Å². The van der Waals surface area contributed by atoms with Gasteiger partial charge in [0.2, 0.25) is 0 Å². The Kier molecular flexibility index (Phi) is 2.16. The van der Waals surface area contributed by atoms with Gasteiger partial charge in [-0.1, -0.05) is 6.07 Å². The lowest BCUT2D eigenvalue weighted by Gasteiger charge is -2.09. The zero-order chi connectivity index (χ0) is 21.1. The van der Waals surface area contributed by atoms with Crippen molar-refractivity contribution in [2.75, 3.05) is 27.2 Å². The van der Waals surface area contributed by atoms with Crippen LogP contribution in [-0.2, 0) is 17.5 Å². The van der Waals surface area contributed by atoms with Crippen LogP contribution < -0.4 is 5.32 Å². The number of ether oxygens (including phenoxy) is 1. The standard InChI is InChI=1S/C16H21N3O2/c1-19(2)6-5-12-9-17-15-4-3-11(8-14(12)15)7-13-10-21-16(20)18-13/h3-4,8-9,13,17H,5-7,10H2,1-2H3,(H,18,20)/t13-/m0/s1/i5D2,6D2,7D2,9D. The second-order valence-electron chi connectivity index (χ2n) is 4.96. The molecule has 1 aliphatic rings. The molecule has 112 valence electrons. The Balaban J connectivity index is 2.15. The number of benzene rings is 1. The Morgan fingerprint density at radius 1 is 1.52 bits per heavy atom. The Bertz CT molecular complexity index is 926. The molecule has 3 rings (SSSR count). The number of likely N-dealkylation sites (N-methyl/N-ethyl adjacent to an activating group) is 1. The van der Waals surface area contributed by atoms with E-state index in [1.165, 1.54) is 32.3 Å². The predicted molar refractivity (Wildman–Crippen MR) is 82.5 cm³/mol. The minimum absolute atomic E-state index is 0.141. The number of nitrogens with one attached hydrogen (secondary N) is 2. The van der Waals surface area contributed by atoms with E-state index >= 15 is 0 Å². The molecule has 0 aliphatic carbocycles. The van der Waals surface area contributed by atoms with Gasteiger partial charge in [0.05, 0.1) is 7.41 Å². The van der Waals surface area contributed by atoms with Crippen LogP contribution >= 0.6 is 0 Å². The molecule has 2 N–H and O–H groups in total. The van der Waals surface area contributed by atoms with Gasteiger partial charge in [-0.05, 0) is 50.1 Å². The van der Waals surface area contributed by atoms with Crippen LogP contribution in [0.4, 0.5) is 4.79 Å². The van der Waals surface area contributed by atoms with Crippen LogP contribution in [0, 0.1) is 0 Å². The summed E-state index contributed by atoms with van der Waals surface area (Å²) in [6, 6.07) is 3.49. The minimum Gasteiger partial charge on any atom is -0.447 e. The third-order valence-electron chi connectivity index (χ3n) is 3.03. The van der Waals surface area contributed by atoms with Gasteiger partial charge in [0.25, 0.3) is 0 Å². The molecule has 0 bridgehead atoms. The first-order chi connectivity index (χ1) is 12.8. The van der Waals surface area contributed by atoms with Gasteiger partial charge in [0.1, 0.15) is 6.61 Å². The summed E-state index contributed by atoms with van der Waals surface area (Å²) in [7, 11) is 2.81. The first-order valence-electron chi connectivity index (χ1n) is 10.0. The van der Waals surface area contributed by atoms with Crippen LogP contribution in [0.3, 0.4) is 0 Å². The largest absolute Gasteiger partial charge is 0.447 e. The number of amides is 1. The van der Waals surface area contributed by atoms with Crippen LogP contribution in [0.5, 0.6) is 0 Å². The fourth-order valence-corrected chi connectivity index (χ4v) is 2.08. The van der Waals surface area contributed by atoms with E-state index in [9.17, 15) is 4.79 Å². The van der Waals surface area contributed by atoms with E-state index in [2.05, 4.69) is 10.3 Å². The maximum Gasteiger partial charge on any atom is 0.407 e. The summed E-state index contributed by atoms with van der Waals surface area (Å²) in [6.07, 6.45) is -5.55. The number of aromatic amines is 1. The number of aryl methyl sites for hydroxylation is 1. The Morgan fingerprint density at radius 2 is 2.38 bits per heavy atom. The summed E-state index contributed by atoms with van der Waals surface area (Å²) in [4.78, 5) is 15.1. The highest BCUT2D eigenvalue weighted by Crippen LogP contribution is 2.21. The molecular weight excluding hydrogens is 266 g/mol. The average Bonchev–Trinajstić information content (AvgIpc) is 3.16. The molecule has 1 aromatic carbocycles. The fourth-order valence-electron chi connectivity index (χ4n) is 2.08. The molecule has 5 heteroatoms. The molecule has 0 saturated carbocycles. The first-order valence-corrected chi connectivity index (χ1v) is 6.54. The van der Waals surface area contributed by atoms with Crippen molar-refractivity contribution in [2.45, 2.75) is 18.8 Å². The highest BCUT2D eigenvalue weighted by Gasteiger charge is 2.22. The molecule has 0 radical (unpaired) electrons. The number of H-pyrrole nitrogens is 1. The van der Waals surface area contributed by atoms with E-state index in [-0.39, 0.29) is 29.3 Å². The van der Waals surface area contributed by atoms with Crippen molar-refractivity contribution in [2.24, 2.45) is 0 Å². The molecular formula is C16H21N3O2. The number of cyclic esters (lactones) is 1. The summed E-state index contributed by atoms with van der Waals surface area (Å²) in [6.45, 7) is -2.56. The number of alkyl carbamates (subject to hydrolysis) is 1. The van der Waals surface area contributed by atoms with Gasteiger partial charge >= 0.3 is 6.09 Å². The number of nitrogens with zero attached hydrogens (tertiary/aromatic N) is 1. The Labute approximate surface area is 134 Å². The first kappa shape index (κ1) is 7.84. The topological polar surface area (TPSA) is 57.4 Å². The Hall–Kier alpha value is -2.01. The molecule has 0 unspecified atom stereocenters. The van der Waals surface area contributed by atoms with Crippen molar-refractivity contribution in [3.05, 3.63) is 35.5 Å². The van der Waals surface area contributed by atoms with Crippen molar-refractivity contribution < 1.29 is 19.1 Å². The summed E-state index contributed by atoms with van der Waals surface area (Å²) in [5.74, 6) is 0. The summed E-state index contributed by atoms with van der Waals surface area (Å²) >= 11 is 0. The summed E-state index contributed by atoms with van der Waals surface area (Å²) in [5, 5.41) is 2.62. The number of hydrogen-bond acceptors (Lipinski definition) is 3. The van der Waals surface area contributed by atoms with E-state index in [1.807, 2.05) is 0 Å². The number of rotatable bonds is 5. The van der Waals surface area contributed by atoms with Gasteiger partial charge < -0.3 is 19.9 Å². The van der Waals surface area contributed by atoms with Crippen molar-refractivity contribution in [1.29, 1.82) is 0 Å². The second kappa shape index (κ2) is 5.77. The van der Waals surface area contributed by atoms with Gasteiger partial charge in [0.15, 0.2) is 0 Å². The molecule has 1 amide bonds. The SMILES string of the molecule is [2H]c1[nH]c2ccc(C([2H])([2H])[C@H]3COC(=O)N3)cc2c1C([2H])([2H])C([2H])([2H])N(C)C. The van der Waals surface area contributed by atoms with Crippen molar-refractivity contribution >= 4 is 17.0 Å². The lowest BCUT2D eigenvalue weighted by Crippen LogP contribution is -2.28. The zero-order valence-corrected chi connectivity index (χ0v) is 11.8. The van der Waals surface area contributed by atoms with Gasteiger partial charge in [-0.25, -0.2) is 4.79 Å². The fraction of sp³-hybridized carbons (Fsp3) is 0.438. The average molecular weight is 294 g/mol. The van der Waals surface area contributed by atoms with Gasteiger partial charge in [-0.15, -0.1) is 0 Å².